The molecule has 0 bridgehead atoms. The Kier molecular flexibility index (Phi) is 2.18. The van der Waals surface area contributed by atoms with Gasteiger partial charge in [-0.3, -0.25) is 0 Å². The maximum atomic E-state index is 9.62. The number of rotatable bonds is 2. The van der Waals surface area contributed by atoms with Crippen molar-refractivity contribution in [3.8, 4) is 11.8 Å². The van der Waals surface area contributed by atoms with Crippen LogP contribution in [0.25, 0.3) is 0 Å². The Balaban J connectivity index is 2.93. The van der Waals surface area contributed by atoms with Crippen molar-refractivity contribution in [1.82, 2.24) is 0 Å². The van der Waals surface area contributed by atoms with Gasteiger partial charge in [0, 0.05) is 6.07 Å². The summed E-state index contributed by atoms with van der Waals surface area (Å²) in [5.74, 6) is 0.277. The van der Waals surface area contributed by atoms with Crippen LogP contribution < -0.4 is 4.84 Å². The van der Waals surface area contributed by atoms with Crippen LogP contribution in [0.4, 0.5) is 0 Å². The average Bonchev–Trinajstić information content (AvgIpc) is 2.06. The van der Waals surface area contributed by atoms with E-state index in [2.05, 4.69) is 10.2 Å². The first-order valence-corrected chi connectivity index (χ1v) is 2.86. The van der Waals surface area contributed by atoms with Gasteiger partial charge in [-0.2, -0.15) is 5.26 Å². The van der Waals surface area contributed by atoms with Crippen molar-refractivity contribution in [2.45, 2.75) is 0 Å². The fourth-order valence-electron chi connectivity index (χ4n) is 0.665. The van der Waals surface area contributed by atoms with Crippen LogP contribution in [-0.2, 0) is 0 Å². The molecule has 0 aliphatic carbocycles. The summed E-state index contributed by atoms with van der Waals surface area (Å²) in [5.41, 5.74) is 0.436. The zero-order valence-electron chi connectivity index (χ0n) is 5.52. The van der Waals surface area contributed by atoms with Crippen molar-refractivity contribution in [3.05, 3.63) is 34.7 Å². The van der Waals surface area contributed by atoms with Gasteiger partial charge in [-0.25, -0.2) is 0 Å². The van der Waals surface area contributed by atoms with Gasteiger partial charge in [-0.15, -0.1) is 4.91 Å². The molecule has 0 N–H and O–H groups in total. The topological polar surface area (TPSA) is 62.4 Å². The van der Waals surface area contributed by atoms with Gasteiger partial charge in [-0.1, -0.05) is 6.07 Å². The zero-order chi connectivity index (χ0) is 8.10. The second kappa shape index (κ2) is 3.32. The predicted molar refractivity (Wildman–Crippen MR) is 37.6 cm³/mol. The van der Waals surface area contributed by atoms with Crippen molar-refractivity contribution in [2.24, 2.45) is 5.34 Å². The molecule has 1 aromatic carbocycles. The van der Waals surface area contributed by atoms with E-state index in [1.165, 1.54) is 6.07 Å². The van der Waals surface area contributed by atoms with E-state index in [4.69, 9.17) is 5.26 Å². The summed E-state index contributed by atoms with van der Waals surface area (Å²) >= 11 is 0. The first kappa shape index (κ1) is 7.22. The third-order valence-corrected chi connectivity index (χ3v) is 1.11. The van der Waals surface area contributed by atoms with Crippen LogP contribution in [0.3, 0.4) is 0 Å². The molecule has 0 fully saturated rings. The lowest BCUT2D eigenvalue weighted by atomic mass is 10.2. The molecule has 1 aromatic rings. The number of nitrogens with zero attached hydrogens (tertiary/aromatic N) is 2. The minimum absolute atomic E-state index is 0.277. The Morgan fingerprint density at radius 2 is 2.36 bits per heavy atom. The molecule has 0 saturated heterocycles. The fraction of sp³-hybridized carbons (Fsp3) is 0. The minimum Gasteiger partial charge on any atom is -0.324 e. The molecule has 0 saturated carbocycles. The molecule has 0 unspecified atom stereocenters. The van der Waals surface area contributed by atoms with Crippen molar-refractivity contribution in [1.29, 1.82) is 5.26 Å². The standard InChI is InChI=1S/C7H4N2O2/c8-5-6-2-1-3-7(4-6)11-9-10/h1-4H. The molecule has 1 rings (SSSR count). The molecular weight excluding hydrogens is 144 g/mol. The van der Waals surface area contributed by atoms with Crippen LogP contribution >= 0.6 is 0 Å². The quantitative estimate of drug-likeness (QED) is 0.472. The summed E-state index contributed by atoms with van der Waals surface area (Å²) in [7, 11) is 0. The highest BCUT2D eigenvalue weighted by Crippen LogP contribution is 2.12. The van der Waals surface area contributed by atoms with Gasteiger partial charge in [0.1, 0.15) is 0 Å². The number of hydrogen-bond acceptors (Lipinski definition) is 4. The normalized spacial score (nSPS) is 8.27. The maximum absolute atomic E-state index is 9.62. The van der Waals surface area contributed by atoms with Crippen molar-refractivity contribution >= 4 is 0 Å². The Hall–Kier alpha value is -1.89. The third-order valence-electron chi connectivity index (χ3n) is 1.11. The highest BCUT2D eigenvalue weighted by molar-refractivity contribution is 5.35. The Morgan fingerprint density at radius 1 is 1.55 bits per heavy atom. The molecule has 0 spiro atoms. The van der Waals surface area contributed by atoms with Crippen molar-refractivity contribution < 1.29 is 4.84 Å². The molecule has 0 aliphatic heterocycles. The van der Waals surface area contributed by atoms with Crippen LogP contribution in [0, 0.1) is 16.2 Å². The van der Waals surface area contributed by atoms with Gasteiger partial charge in [-0.05, 0) is 12.1 Å². The number of hydrogen-bond donors (Lipinski definition) is 0. The second-order valence-electron chi connectivity index (χ2n) is 1.81. The molecule has 0 aliphatic rings. The van der Waals surface area contributed by atoms with Gasteiger partial charge in [0.05, 0.1) is 11.6 Å². The van der Waals surface area contributed by atoms with Crippen molar-refractivity contribution in [3.63, 3.8) is 0 Å². The lowest BCUT2D eigenvalue weighted by Crippen LogP contribution is -1.80. The van der Waals surface area contributed by atoms with Crippen LogP contribution in [0.1, 0.15) is 5.56 Å². The zero-order valence-corrected chi connectivity index (χ0v) is 5.52. The van der Waals surface area contributed by atoms with Crippen LogP contribution in [0.5, 0.6) is 5.75 Å². The summed E-state index contributed by atoms with van der Waals surface area (Å²) in [4.78, 5) is 13.9. The fourth-order valence-corrected chi connectivity index (χ4v) is 0.665. The van der Waals surface area contributed by atoms with E-state index in [9.17, 15) is 4.91 Å². The predicted octanol–water partition coefficient (Wildman–Crippen LogP) is 1.62. The molecule has 0 radical (unpaired) electrons. The summed E-state index contributed by atoms with van der Waals surface area (Å²) in [6.45, 7) is 0. The highest BCUT2D eigenvalue weighted by Gasteiger charge is 1.94. The van der Waals surface area contributed by atoms with Gasteiger partial charge >= 0.3 is 0 Å². The molecular formula is C7H4N2O2. The lowest BCUT2D eigenvalue weighted by molar-refractivity contribution is 0.335. The number of benzene rings is 1. The van der Waals surface area contributed by atoms with Gasteiger partial charge < -0.3 is 4.84 Å². The highest BCUT2D eigenvalue weighted by atomic mass is 16.7. The largest absolute Gasteiger partial charge is 0.324 e. The Bertz CT molecular complexity index is 304. The Labute approximate surface area is 63.0 Å². The van der Waals surface area contributed by atoms with Gasteiger partial charge in [0.2, 0.25) is 0 Å². The van der Waals surface area contributed by atoms with E-state index in [-0.39, 0.29) is 5.75 Å². The minimum atomic E-state index is 0.277. The maximum Gasteiger partial charge on any atom is 0.162 e. The second-order valence-corrected chi connectivity index (χ2v) is 1.81. The molecule has 4 heteroatoms. The van der Waals surface area contributed by atoms with E-state index < -0.39 is 0 Å². The SMILES string of the molecule is N#Cc1cccc(ON=O)c1. The van der Waals surface area contributed by atoms with Gasteiger partial charge in [0.25, 0.3) is 0 Å². The van der Waals surface area contributed by atoms with E-state index in [1.54, 1.807) is 18.2 Å². The smallest absolute Gasteiger partial charge is 0.162 e. The average molecular weight is 148 g/mol. The van der Waals surface area contributed by atoms with Crippen molar-refractivity contribution in [2.75, 3.05) is 0 Å². The summed E-state index contributed by atoms with van der Waals surface area (Å²) < 4.78 is 0. The molecule has 0 aromatic heterocycles. The molecule has 0 heterocycles. The van der Waals surface area contributed by atoms with Gasteiger partial charge in [0.15, 0.2) is 11.1 Å². The van der Waals surface area contributed by atoms with Crippen LogP contribution in [0.15, 0.2) is 29.6 Å². The first-order valence-electron chi connectivity index (χ1n) is 2.86. The summed E-state index contributed by atoms with van der Waals surface area (Å²) in [5, 5.41) is 10.6. The number of nitriles is 1. The first-order chi connectivity index (χ1) is 5.36. The monoisotopic (exact) mass is 148 g/mol. The van der Waals surface area contributed by atoms with E-state index in [0.717, 1.165) is 0 Å². The molecule has 0 amide bonds. The van der Waals surface area contributed by atoms with E-state index >= 15 is 0 Å². The Morgan fingerprint density at radius 3 is 3.00 bits per heavy atom. The van der Waals surface area contributed by atoms with E-state index in [0.29, 0.717) is 5.56 Å². The van der Waals surface area contributed by atoms with E-state index in [1.807, 2.05) is 6.07 Å². The third kappa shape index (κ3) is 1.76. The molecule has 0 atom stereocenters. The molecule has 11 heavy (non-hydrogen) atoms. The molecule has 4 nitrogen and oxygen atoms in total. The lowest BCUT2D eigenvalue weighted by Gasteiger charge is -1.92. The van der Waals surface area contributed by atoms with Crippen LogP contribution in [0.2, 0.25) is 0 Å². The van der Waals surface area contributed by atoms with Crippen LogP contribution in [-0.4, -0.2) is 0 Å². The summed E-state index contributed by atoms with van der Waals surface area (Å²) in [6, 6.07) is 8.10. The molecule has 54 valence electrons. The summed E-state index contributed by atoms with van der Waals surface area (Å²) in [6.07, 6.45) is 0.